The number of benzene rings is 2. The molecule has 6 heteroatoms. The molecule has 0 aromatic heterocycles. The third-order valence-electron chi connectivity index (χ3n) is 4.44. The summed E-state index contributed by atoms with van der Waals surface area (Å²) in [6, 6.07) is 14.7. The lowest BCUT2D eigenvalue weighted by molar-refractivity contribution is 0.229. The molecule has 1 heterocycles. The molecule has 0 radical (unpaired) electrons. The van der Waals surface area contributed by atoms with E-state index in [0.717, 1.165) is 31.6 Å². The predicted octanol–water partition coefficient (Wildman–Crippen LogP) is 4.04. The van der Waals surface area contributed by atoms with Crippen LogP contribution < -0.4 is 9.64 Å². The summed E-state index contributed by atoms with van der Waals surface area (Å²) in [5.74, 6) is 1.02. The summed E-state index contributed by atoms with van der Waals surface area (Å²) in [6.07, 6.45) is 3.32. The van der Waals surface area contributed by atoms with E-state index in [1.807, 2.05) is 36.4 Å². The zero-order valence-electron chi connectivity index (χ0n) is 14.2. The normalized spacial score (nSPS) is 18.2. The molecule has 1 aliphatic heterocycles. The minimum absolute atomic E-state index is 0.331. The van der Waals surface area contributed by atoms with Gasteiger partial charge in [-0.1, -0.05) is 35.9 Å². The van der Waals surface area contributed by atoms with Gasteiger partial charge in [-0.3, -0.25) is 0 Å². The van der Waals surface area contributed by atoms with E-state index >= 15 is 0 Å². The number of halogens is 1. The number of hydrogen-bond donors (Lipinski definition) is 0. The zero-order valence-corrected chi connectivity index (χ0v) is 15.8. The summed E-state index contributed by atoms with van der Waals surface area (Å²) in [5.41, 5.74) is 0.785. The topological polar surface area (TPSA) is 46.6 Å². The zero-order chi connectivity index (χ0) is 17.9. The van der Waals surface area contributed by atoms with Crippen molar-refractivity contribution >= 4 is 27.1 Å². The minimum atomic E-state index is -3.25. The maximum atomic E-state index is 12.1. The van der Waals surface area contributed by atoms with Crippen molar-refractivity contribution in [2.45, 2.75) is 17.7 Å². The summed E-state index contributed by atoms with van der Waals surface area (Å²) < 4.78 is 30.0. The van der Waals surface area contributed by atoms with Crippen LogP contribution in [-0.4, -0.2) is 34.4 Å². The van der Waals surface area contributed by atoms with Gasteiger partial charge in [-0.05, 0) is 37.1 Å². The van der Waals surface area contributed by atoms with Crippen molar-refractivity contribution in [1.29, 1.82) is 0 Å². The number of anilines is 1. The van der Waals surface area contributed by atoms with E-state index in [2.05, 4.69) is 4.90 Å². The Kier molecular flexibility index (Phi) is 5.54. The summed E-state index contributed by atoms with van der Waals surface area (Å²) >= 11 is 6.14. The van der Waals surface area contributed by atoms with Gasteiger partial charge < -0.3 is 9.64 Å². The van der Waals surface area contributed by atoms with Crippen LogP contribution in [0.25, 0.3) is 0 Å². The predicted molar refractivity (Wildman–Crippen MR) is 101 cm³/mol. The number of piperidine rings is 1. The Labute approximate surface area is 154 Å². The number of rotatable bonds is 5. The van der Waals surface area contributed by atoms with E-state index in [1.165, 1.54) is 6.26 Å². The molecule has 0 N–H and O–H groups in total. The van der Waals surface area contributed by atoms with E-state index in [0.29, 0.717) is 28.2 Å². The van der Waals surface area contributed by atoms with Crippen molar-refractivity contribution in [3.63, 3.8) is 0 Å². The number of ether oxygens (including phenoxy) is 1. The minimum Gasteiger partial charge on any atom is -0.492 e. The van der Waals surface area contributed by atoms with Crippen molar-refractivity contribution in [2.75, 3.05) is 30.9 Å². The molecule has 1 atom stereocenters. The van der Waals surface area contributed by atoms with Gasteiger partial charge in [0.25, 0.3) is 0 Å². The van der Waals surface area contributed by atoms with Crippen LogP contribution in [0.2, 0.25) is 5.02 Å². The highest BCUT2D eigenvalue weighted by Gasteiger charge is 2.24. The average Bonchev–Trinajstić information content (AvgIpc) is 2.61. The van der Waals surface area contributed by atoms with Crippen LogP contribution in [0.4, 0.5) is 5.69 Å². The van der Waals surface area contributed by atoms with Crippen LogP contribution >= 0.6 is 11.6 Å². The van der Waals surface area contributed by atoms with Gasteiger partial charge in [0.1, 0.15) is 5.75 Å². The highest BCUT2D eigenvalue weighted by Crippen LogP contribution is 2.30. The molecule has 0 spiro atoms. The fraction of sp³-hybridized carbons (Fsp3) is 0.368. The van der Waals surface area contributed by atoms with Crippen molar-refractivity contribution < 1.29 is 13.2 Å². The summed E-state index contributed by atoms with van der Waals surface area (Å²) in [5, 5.41) is 0.609. The maximum absolute atomic E-state index is 12.1. The second-order valence-corrected chi connectivity index (χ2v) is 8.83. The van der Waals surface area contributed by atoms with E-state index in [1.54, 1.807) is 12.1 Å². The van der Waals surface area contributed by atoms with Crippen molar-refractivity contribution in [1.82, 2.24) is 0 Å². The van der Waals surface area contributed by atoms with Gasteiger partial charge in [0.2, 0.25) is 0 Å². The molecule has 1 unspecified atom stereocenters. The molecule has 134 valence electrons. The smallest absolute Gasteiger partial charge is 0.177 e. The monoisotopic (exact) mass is 379 g/mol. The first-order valence-corrected chi connectivity index (χ1v) is 10.6. The Hall–Kier alpha value is -1.72. The van der Waals surface area contributed by atoms with Crippen molar-refractivity contribution in [2.24, 2.45) is 5.92 Å². The van der Waals surface area contributed by atoms with E-state index < -0.39 is 9.84 Å². The van der Waals surface area contributed by atoms with Crippen LogP contribution in [0.1, 0.15) is 12.8 Å². The molecule has 0 saturated carbocycles. The SMILES string of the molecule is CS(=O)(=O)c1ccccc1N1CCCC(COc2ccccc2Cl)C1. The molecule has 0 amide bonds. The van der Waals surface area contributed by atoms with Crippen LogP contribution in [-0.2, 0) is 9.84 Å². The maximum Gasteiger partial charge on any atom is 0.177 e. The highest BCUT2D eigenvalue weighted by atomic mass is 35.5. The van der Waals surface area contributed by atoms with Crippen LogP contribution in [0.15, 0.2) is 53.4 Å². The molecular formula is C19H22ClNO3S. The second kappa shape index (κ2) is 7.67. The molecule has 4 nitrogen and oxygen atoms in total. The quantitative estimate of drug-likeness (QED) is 0.786. The van der Waals surface area contributed by atoms with Crippen LogP contribution in [0.3, 0.4) is 0 Å². The number of para-hydroxylation sites is 2. The average molecular weight is 380 g/mol. The summed E-state index contributed by atoms with van der Waals surface area (Å²) in [6.45, 7) is 2.20. The lowest BCUT2D eigenvalue weighted by Crippen LogP contribution is -2.38. The van der Waals surface area contributed by atoms with E-state index in [4.69, 9.17) is 16.3 Å². The molecule has 1 fully saturated rings. The molecule has 0 aliphatic carbocycles. The van der Waals surface area contributed by atoms with Crippen LogP contribution in [0, 0.1) is 5.92 Å². The lowest BCUT2D eigenvalue weighted by atomic mass is 9.98. The lowest BCUT2D eigenvalue weighted by Gasteiger charge is -2.35. The van der Waals surface area contributed by atoms with Gasteiger partial charge in [-0.15, -0.1) is 0 Å². The molecule has 25 heavy (non-hydrogen) atoms. The third kappa shape index (κ3) is 4.47. The highest BCUT2D eigenvalue weighted by molar-refractivity contribution is 7.90. The van der Waals surface area contributed by atoms with Gasteiger partial charge in [-0.25, -0.2) is 8.42 Å². The summed E-state index contributed by atoms with van der Waals surface area (Å²) in [4.78, 5) is 2.54. The fourth-order valence-electron chi connectivity index (χ4n) is 3.22. The summed E-state index contributed by atoms with van der Waals surface area (Å²) in [7, 11) is -3.25. The van der Waals surface area contributed by atoms with Gasteiger partial charge >= 0.3 is 0 Å². The van der Waals surface area contributed by atoms with E-state index in [9.17, 15) is 8.42 Å². The number of nitrogens with zero attached hydrogens (tertiary/aromatic N) is 1. The molecule has 1 saturated heterocycles. The van der Waals surface area contributed by atoms with Gasteiger partial charge in [0.05, 0.1) is 22.2 Å². The Morgan fingerprint density at radius 3 is 2.64 bits per heavy atom. The Morgan fingerprint density at radius 1 is 1.16 bits per heavy atom. The first-order valence-electron chi connectivity index (χ1n) is 8.36. The van der Waals surface area contributed by atoms with Gasteiger partial charge in [0.15, 0.2) is 9.84 Å². The number of hydrogen-bond acceptors (Lipinski definition) is 4. The Morgan fingerprint density at radius 2 is 1.88 bits per heavy atom. The molecule has 3 rings (SSSR count). The van der Waals surface area contributed by atoms with Crippen molar-refractivity contribution in [3.8, 4) is 5.75 Å². The standard InChI is InChI=1S/C19H22ClNO3S/c1-25(22,23)19-11-5-3-9-17(19)21-12-6-7-15(13-21)14-24-18-10-4-2-8-16(18)20/h2-5,8-11,15H,6-7,12-14H2,1H3. The van der Waals surface area contributed by atoms with E-state index in [-0.39, 0.29) is 0 Å². The molecule has 2 aromatic carbocycles. The molecule has 1 aliphatic rings. The number of sulfone groups is 1. The molecular weight excluding hydrogens is 358 g/mol. The molecule has 0 bridgehead atoms. The largest absolute Gasteiger partial charge is 0.492 e. The molecule has 2 aromatic rings. The first-order chi connectivity index (χ1) is 11.9. The van der Waals surface area contributed by atoms with Crippen molar-refractivity contribution in [3.05, 3.63) is 53.6 Å². The fourth-order valence-corrected chi connectivity index (χ4v) is 4.31. The third-order valence-corrected chi connectivity index (χ3v) is 5.89. The first kappa shape index (κ1) is 18.1. The Bertz CT molecular complexity index is 838. The van der Waals surface area contributed by atoms with Crippen LogP contribution in [0.5, 0.6) is 5.75 Å². The second-order valence-electron chi connectivity index (χ2n) is 6.44. The van der Waals surface area contributed by atoms with Gasteiger partial charge in [0, 0.05) is 25.3 Å². The Balaban J connectivity index is 1.71. The van der Waals surface area contributed by atoms with Gasteiger partial charge in [-0.2, -0.15) is 0 Å².